The number of rotatable bonds is 0. The van der Waals surface area contributed by atoms with Crippen LogP contribution in [0.5, 0.6) is 0 Å². The summed E-state index contributed by atoms with van der Waals surface area (Å²) in [5.74, 6) is 0. The second-order valence-corrected chi connectivity index (χ2v) is 6.98. The van der Waals surface area contributed by atoms with Crippen LogP contribution in [0.3, 0.4) is 0 Å². The molecule has 0 spiro atoms. The molecule has 0 atom stereocenters. The molecule has 0 amide bonds. The van der Waals surface area contributed by atoms with Gasteiger partial charge >= 0.3 is 0 Å². The van der Waals surface area contributed by atoms with Crippen LogP contribution in [-0.4, -0.2) is 32.2 Å². The number of aromatic amines is 2. The van der Waals surface area contributed by atoms with Gasteiger partial charge in [0.05, 0.1) is 22.8 Å². The van der Waals surface area contributed by atoms with Gasteiger partial charge in [-0.1, -0.05) is 0 Å². The summed E-state index contributed by atoms with van der Waals surface area (Å²) in [6.45, 7) is 0. The molecule has 1 aromatic carbocycles. The van der Waals surface area contributed by atoms with Crippen LogP contribution in [-0.2, 0) is 16.8 Å². The number of hydrogen-bond acceptors (Lipinski definition) is 3. The quantitative estimate of drug-likeness (QED) is 0.243. The van der Waals surface area contributed by atoms with Gasteiger partial charge in [0.15, 0.2) is 0 Å². The molecule has 167 valence electrons. The summed E-state index contributed by atoms with van der Waals surface area (Å²) in [7, 11) is 1.00. The van der Waals surface area contributed by atoms with Crippen molar-refractivity contribution in [2.75, 3.05) is 7.11 Å². The van der Waals surface area contributed by atoms with Crippen LogP contribution in [0.25, 0.3) is 46.4 Å². The Balaban J connectivity index is 0.000000294. The van der Waals surface area contributed by atoms with E-state index in [1.165, 1.54) is 0 Å². The zero-order chi connectivity index (χ0) is 22.2. The average Bonchev–Trinajstić information content (AvgIpc) is 3.63. The fourth-order valence-electron chi connectivity index (χ4n) is 3.29. The summed E-state index contributed by atoms with van der Waals surface area (Å²) in [4.78, 5) is 16.0. The van der Waals surface area contributed by atoms with Crippen LogP contribution < -0.4 is 0 Å². The molecule has 33 heavy (non-hydrogen) atoms. The summed E-state index contributed by atoms with van der Waals surface area (Å²) in [6, 6.07) is 28.9. The average molecular weight is 478 g/mol. The fraction of sp³-hybridized carbons (Fsp3) is 0.0370. The molecule has 6 heteroatoms. The normalized spacial score (nSPS) is 10.8. The number of aliphatic hydroxyl groups is 1. The van der Waals surface area contributed by atoms with E-state index in [9.17, 15) is 0 Å². The second kappa shape index (κ2) is 11.8. The molecule has 2 aliphatic heterocycles. The van der Waals surface area contributed by atoms with Crippen molar-refractivity contribution in [3.8, 4) is 0 Å². The van der Waals surface area contributed by atoms with Gasteiger partial charge in [-0.3, -0.25) is 0 Å². The van der Waals surface area contributed by atoms with Crippen molar-refractivity contribution in [2.24, 2.45) is 0 Å². The van der Waals surface area contributed by atoms with Crippen LogP contribution in [0.1, 0.15) is 22.8 Å². The first-order valence-electron chi connectivity index (χ1n) is 10.2. The zero-order valence-electron chi connectivity index (χ0n) is 18.0. The Labute approximate surface area is 202 Å². The molecule has 0 aliphatic carbocycles. The van der Waals surface area contributed by atoms with Gasteiger partial charge in [0.2, 0.25) is 0 Å². The summed E-state index contributed by atoms with van der Waals surface area (Å²) < 4.78 is 0. The molecule has 8 bridgehead atoms. The van der Waals surface area contributed by atoms with Crippen molar-refractivity contribution in [1.29, 1.82) is 0 Å². The van der Waals surface area contributed by atoms with Crippen molar-refractivity contribution < 1.29 is 21.9 Å². The zero-order valence-corrected chi connectivity index (χ0v) is 19.0. The molecule has 2 aliphatic rings. The molecule has 0 unspecified atom stereocenters. The number of nitrogens with one attached hydrogen (secondary N) is 2. The molecule has 3 aromatic heterocycles. The van der Waals surface area contributed by atoms with Crippen molar-refractivity contribution in [3.05, 3.63) is 108 Å². The van der Waals surface area contributed by atoms with Gasteiger partial charge in [0, 0.05) is 46.0 Å². The molecule has 0 saturated carbocycles. The molecule has 1 radical (unpaired) electrons. The summed E-state index contributed by atoms with van der Waals surface area (Å²) in [6.07, 6.45) is 8.05. The Bertz CT molecular complexity index is 1290. The van der Waals surface area contributed by atoms with E-state index in [1.54, 1.807) is 0 Å². The van der Waals surface area contributed by atoms with E-state index in [0.717, 1.165) is 52.0 Å². The van der Waals surface area contributed by atoms with E-state index >= 15 is 0 Å². The van der Waals surface area contributed by atoms with Gasteiger partial charge in [-0.15, -0.1) is 0 Å². The number of benzene rings is 1. The first kappa shape index (κ1) is 23.9. The van der Waals surface area contributed by atoms with Gasteiger partial charge in [0.1, 0.15) is 0 Å². The summed E-state index contributed by atoms with van der Waals surface area (Å²) in [5, 5.41) is 7.00. The van der Waals surface area contributed by atoms with Gasteiger partial charge < -0.3 is 15.1 Å². The third kappa shape index (κ3) is 6.63. The molecule has 3 N–H and O–H groups in total. The number of fused-ring (bicyclic) bond motifs is 8. The van der Waals surface area contributed by atoms with E-state index < -0.39 is 0 Å². The molecule has 6 rings (SSSR count). The molecule has 0 fully saturated rings. The third-order valence-corrected chi connectivity index (χ3v) is 4.65. The van der Waals surface area contributed by atoms with Gasteiger partial charge in [-0.25, -0.2) is 9.97 Å². The largest absolute Gasteiger partial charge is 0.400 e. The molecule has 0 saturated heterocycles. The van der Waals surface area contributed by atoms with Crippen LogP contribution >= 0.6 is 0 Å². The first-order valence-corrected chi connectivity index (χ1v) is 10.2. The topological polar surface area (TPSA) is 77.6 Å². The predicted octanol–water partition coefficient (Wildman–Crippen LogP) is 5.75. The molecule has 4 aromatic rings. The van der Waals surface area contributed by atoms with Crippen molar-refractivity contribution in [3.63, 3.8) is 0 Å². The van der Waals surface area contributed by atoms with E-state index in [0.29, 0.717) is 0 Å². The number of aliphatic hydroxyl groups excluding tert-OH is 1. The molecule has 5 heterocycles. The minimum Gasteiger partial charge on any atom is -0.400 e. The minimum absolute atomic E-state index is 0. The first-order chi connectivity index (χ1) is 15.8. The maximum Gasteiger partial charge on any atom is 0.0659 e. The summed E-state index contributed by atoms with van der Waals surface area (Å²) in [5.41, 5.74) is 7.86. The Morgan fingerprint density at radius 1 is 0.576 bits per heavy atom. The minimum atomic E-state index is 0. The molecule has 5 nitrogen and oxygen atoms in total. The van der Waals surface area contributed by atoms with Crippen molar-refractivity contribution in [1.82, 2.24) is 19.9 Å². The van der Waals surface area contributed by atoms with Crippen LogP contribution in [0.4, 0.5) is 0 Å². The van der Waals surface area contributed by atoms with E-state index in [2.05, 4.69) is 56.3 Å². The van der Waals surface area contributed by atoms with E-state index in [4.69, 9.17) is 5.11 Å². The van der Waals surface area contributed by atoms with Crippen LogP contribution in [0.15, 0.2) is 78.9 Å². The maximum absolute atomic E-state index is 7.00. The Hall–Kier alpha value is -3.71. The Morgan fingerprint density at radius 2 is 0.970 bits per heavy atom. The molecular weight excluding hydrogens is 455 g/mol. The van der Waals surface area contributed by atoms with Crippen molar-refractivity contribution >= 4 is 46.4 Å². The van der Waals surface area contributed by atoms with Crippen LogP contribution in [0, 0.1) is 6.07 Å². The van der Waals surface area contributed by atoms with Gasteiger partial charge in [0.25, 0.3) is 0 Å². The monoisotopic (exact) mass is 478 g/mol. The van der Waals surface area contributed by atoms with Gasteiger partial charge in [-0.2, -0.15) is 36.4 Å². The third-order valence-electron chi connectivity index (χ3n) is 4.65. The Kier molecular flexibility index (Phi) is 8.54. The van der Waals surface area contributed by atoms with Crippen LogP contribution in [0.2, 0.25) is 0 Å². The van der Waals surface area contributed by atoms with Gasteiger partial charge in [-0.05, 0) is 72.8 Å². The maximum atomic E-state index is 7.00. The Morgan fingerprint density at radius 3 is 1.33 bits per heavy atom. The standard InChI is InChI=1S/C20H14N4.C6H5.CH4O.Co/c1-2-14-10-16-5-6-18(23-16)12-20-8-7-19(24-20)11-17-4-3-15(22-17)9-13(1)21-14;1-2-4-6-5-3-1;1-2;/h1-12,21-22H;1-5H;2H,1H3;/q;-1;;. The number of hydrogen-bond donors (Lipinski definition) is 3. The fourth-order valence-corrected chi connectivity index (χ4v) is 3.29. The van der Waals surface area contributed by atoms with Crippen molar-refractivity contribution in [2.45, 2.75) is 0 Å². The predicted molar refractivity (Wildman–Crippen MR) is 132 cm³/mol. The number of nitrogens with zero attached hydrogens (tertiary/aromatic N) is 2. The number of aromatic nitrogens is 4. The molecular formula is C27H23CoN4O-. The SMILES string of the molecule is C1=Cc2cc3ccc(cc4ccc(cc5nc(cc1n2)C=C5)[nH]4)[nH]3.CO.[Co].[c-]1ccccc1. The second-order valence-electron chi connectivity index (χ2n) is 6.98. The number of H-pyrrole nitrogens is 2. The smallest absolute Gasteiger partial charge is 0.0659 e. The van der Waals surface area contributed by atoms with E-state index in [1.807, 2.05) is 72.8 Å². The van der Waals surface area contributed by atoms with E-state index in [-0.39, 0.29) is 16.8 Å². The summed E-state index contributed by atoms with van der Waals surface area (Å²) >= 11 is 0.